The van der Waals surface area contributed by atoms with E-state index in [9.17, 15) is 19.7 Å². The first-order valence-electron chi connectivity index (χ1n) is 7.12. The van der Waals surface area contributed by atoms with Crippen LogP contribution in [0.4, 0.5) is 10.5 Å². The van der Waals surface area contributed by atoms with Crippen LogP contribution in [0, 0.1) is 10.1 Å². The molecule has 9 heteroatoms. The van der Waals surface area contributed by atoms with Gasteiger partial charge >= 0.3 is 12.0 Å². The Morgan fingerprint density at radius 3 is 2.88 bits per heavy atom. The summed E-state index contributed by atoms with van der Waals surface area (Å²) in [6, 6.07) is 4.52. The SMILES string of the molecule is CSCCOC(=O)C1=C(C)NC(=O)NC1c1cccc([N+](=O)[O-])c1. The second-order valence-electron chi connectivity index (χ2n) is 5.05. The van der Waals surface area contributed by atoms with Crippen molar-refractivity contribution >= 4 is 29.4 Å². The third-order valence-electron chi connectivity index (χ3n) is 3.42. The number of carbonyl (C=O) groups excluding carboxylic acids is 2. The number of urea groups is 1. The van der Waals surface area contributed by atoms with Gasteiger partial charge in [0.1, 0.15) is 6.61 Å². The van der Waals surface area contributed by atoms with Crippen molar-refractivity contribution in [3.05, 3.63) is 51.2 Å². The van der Waals surface area contributed by atoms with Gasteiger partial charge in [-0.3, -0.25) is 10.1 Å². The zero-order valence-corrected chi connectivity index (χ0v) is 14.0. The molecule has 1 heterocycles. The Balaban J connectivity index is 2.36. The number of nitro groups is 1. The number of nitrogens with one attached hydrogen (secondary N) is 2. The lowest BCUT2D eigenvalue weighted by atomic mass is 9.95. The van der Waals surface area contributed by atoms with Gasteiger partial charge in [-0.1, -0.05) is 12.1 Å². The van der Waals surface area contributed by atoms with E-state index in [0.717, 1.165) is 0 Å². The number of hydrogen-bond acceptors (Lipinski definition) is 6. The Morgan fingerprint density at radius 1 is 1.46 bits per heavy atom. The third-order valence-corrected chi connectivity index (χ3v) is 4.00. The number of nitro benzene ring substituents is 1. The Morgan fingerprint density at radius 2 is 2.21 bits per heavy atom. The van der Waals surface area contributed by atoms with E-state index in [-0.39, 0.29) is 17.9 Å². The van der Waals surface area contributed by atoms with Crippen molar-refractivity contribution in [3.8, 4) is 0 Å². The molecule has 24 heavy (non-hydrogen) atoms. The summed E-state index contributed by atoms with van der Waals surface area (Å²) in [6.07, 6.45) is 1.90. The lowest BCUT2D eigenvalue weighted by Crippen LogP contribution is -2.45. The number of nitrogens with zero attached hydrogens (tertiary/aromatic N) is 1. The highest BCUT2D eigenvalue weighted by molar-refractivity contribution is 7.98. The zero-order chi connectivity index (χ0) is 17.7. The van der Waals surface area contributed by atoms with E-state index in [1.54, 1.807) is 24.8 Å². The summed E-state index contributed by atoms with van der Waals surface area (Å²) in [5, 5.41) is 16.1. The maximum absolute atomic E-state index is 12.4. The van der Waals surface area contributed by atoms with Crippen LogP contribution in [0.25, 0.3) is 0 Å². The first kappa shape index (κ1) is 17.8. The van der Waals surface area contributed by atoms with Crippen molar-refractivity contribution in [1.82, 2.24) is 10.6 Å². The largest absolute Gasteiger partial charge is 0.461 e. The molecule has 1 aromatic rings. The van der Waals surface area contributed by atoms with Crippen molar-refractivity contribution in [2.75, 3.05) is 18.6 Å². The van der Waals surface area contributed by atoms with Crippen LogP contribution in [0.2, 0.25) is 0 Å². The second-order valence-corrected chi connectivity index (χ2v) is 6.04. The fourth-order valence-electron chi connectivity index (χ4n) is 2.33. The van der Waals surface area contributed by atoms with E-state index < -0.39 is 23.0 Å². The Labute approximate surface area is 142 Å². The van der Waals surface area contributed by atoms with Gasteiger partial charge in [-0.15, -0.1) is 0 Å². The summed E-state index contributed by atoms with van der Waals surface area (Å²) in [5.74, 6) is 0.0878. The Bertz CT molecular complexity index is 704. The number of carbonyl (C=O) groups is 2. The molecule has 128 valence electrons. The normalized spacial score (nSPS) is 17.1. The highest BCUT2D eigenvalue weighted by atomic mass is 32.2. The average Bonchev–Trinajstić information content (AvgIpc) is 2.54. The molecular weight excluding hydrogens is 334 g/mol. The van der Waals surface area contributed by atoms with Gasteiger partial charge in [-0.25, -0.2) is 9.59 Å². The van der Waals surface area contributed by atoms with Crippen LogP contribution in [0.1, 0.15) is 18.5 Å². The molecule has 2 N–H and O–H groups in total. The number of rotatable bonds is 6. The number of hydrogen-bond donors (Lipinski definition) is 2. The molecule has 0 spiro atoms. The van der Waals surface area contributed by atoms with E-state index in [2.05, 4.69) is 10.6 Å². The van der Waals surface area contributed by atoms with Crippen molar-refractivity contribution in [3.63, 3.8) is 0 Å². The number of allylic oxidation sites excluding steroid dienone is 1. The minimum absolute atomic E-state index is 0.118. The molecule has 0 aromatic heterocycles. The summed E-state index contributed by atoms with van der Waals surface area (Å²) in [4.78, 5) is 34.6. The summed E-state index contributed by atoms with van der Waals surface area (Å²) < 4.78 is 5.21. The van der Waals surface area contributed by atoms with Crippen LogP contribution in [-0.4, -0.2) is 35.5 Å². The minimum atomic E-state index is -0.805. The third kappa shape index (κ3) is 4.05. The molecule has 8 nitrogen and oxygen atoms in total. The standard InChI is InChI=1S/C15H17N3O5S/c1-9-12(14(19)23-6-7-24-2)13(17-15(20)16-9)10-4-3-5-11(8-10)18(21)22/h3-5,8,13H,6-7H2,1-2H3,(H2,16,17,20). The van der Waals surface area contributed by atoms with Crippen LogP contribution in [0.3, 0.4) is 0 Å². The fourth-order valence-corrected chi connectivity index (χ4v) is 2.58. The fraction of sp³-hybridized carbons (Fsp3) is 0.333. The lowest BCUT2D eigenvalue weighted by molar-refractivity contribution is -0.384. The van der Waals surface area contributed by atoms with E-state index in [0.29, 0.717) is 17.0 Å². The maximum atomic E-state index is 12.4. The Hall–Kier alpha value is -2.55. The van der Waals surface area contributed by atoms with Crippen molar-refractivity contribution < 1.29 is 19.2 Å². The van der Waals surface area contributed by atoms with Gasteiger partial charge in [0.05, 0.1) is 16.5 Å². The molecule has 1 unspecified atom stereocenters. The van der Waals surface area contributed by atoms with Gasteiger partial charge in [0.15, 0.2) is 0 Å². The van der Waals surface area contributed by atoms with Gasteiger partial charge in [0, 0.05) is 23.6 Å². The van der Waals surface area contributed by atoms with Crippen molar-refractivity contribution in [2.24, 2.45) is 0 Å². The highest BCUT2D eigenvalue weighted by Crippen LogP contribution is 2.29. The van der Waals surface area contributed by atoms with Gasteiger partial charge in [0.2, 0.25) is 0 Å². The number of esters is 1. The molecule has 0 bridgehead atoms. The van der Waals surface area contributed by atoms with E-state index in [1.807, 2.05) is 6.26 Å². The molecule has 1 aromatic carbocycles. The first-order valence-corrected chi connectivity index (χ1v) is 8.52. The molecule has 1 atom stereocenters. The van der Waals surface area contributed by atoms with Gasteiger partial charge in [-0.05, 0) is 18.7 Å². The molecule has 1 aliphatic rings. The molecule has 2 amide bonds. The van der Waals surface area contributed by atoms with Crippen LogP contribution >= 0.6 is 11.8 Å². The quantitative estimate of drug-likeness (QED) is 0.351. The number of amides is 2. The molecule has 0 saturated heterocycles. The molecule has 0 aliphatic carbocycles. The lowest BCUT2D eigenvalue weighted by Gasteiger charge is -2.28. The van der Waals surface area contributed by atoms with Crippen molar-refractivity contribution in [2.45, 2.75) is 13.0 Å². The maximum Gasteiger partial charge on any atom is 0.338 e. The molecule has 0 fully saturated rings. The zero-order valence-electron chi connectivity index (χ0n) is 13.2. The average molecular weight is 351 g/mol. The molecule has 1 aliphatic heterocycles. The predicted molar refractivity (Wildman–Crippen MR) is 89.5 cm³/mol. The number of ether oxygens (including phenoxy) is 1. The summed E-state index contributed by atoms with van der Waals surface area (Å²) in [7, 11) is 0. The predicted octanol–water partition coefficient (Wildman–Crippen LogP) is 2.13. The summed E-state index contributed by atoms with van der Waals surface area (Å²) in [6.45, 7) is 1.83. The summed E-state index contributed by atoms with van der Waals surface area (Å²) >= 11 is 1.54. The topological polar surface area (TPSA) is 111 Å². The number of thioether (sulfide) groups is 1. The smallest absolute Gasteiger partial charge is 0.338 e. The van der Waals surface area contributed by atoms with E-state index in [1.165, 1.54) is 18.2 Å². The number of benzene rings is 1. The van der Waals surface area contributed by atoms with Crippen LogP contribution in [0.15, 0.2) is 35.5 Å². The van der Waals surface area contributed by atoms with E-state index >= 15 is 0 Å². The molecule has 0 radical (unpaired) electrons. The van der Waals surface area contributed by atoms with Crippen LogP contribution in [-0.2, 0) is 9.53 Å². The Kier molecular flexibility index (Phi) is 5.80. The molecule has 0 saturated carbocycles. The number of non-ortho nitro benzene ring substituents is 1. The van der Waals surface area contributed by atoms with Gasteiger partial charge in [0.25, 0.3) is 5.69 Å². The monoisotopic (exact) mass is 351 g/mol. The van der Waals surface area contributed by atoms with Crippen LogP contribution < -0.4 is 10.6 Å². The summed E-state index contributed by atoms with van der Waals surface area (Å²) in [5.41, 5.74) is 0.920. The highest BCUT2D eigenvalue weighted by Gasteiger charge is 2.32. The molecular formula is C15H17N3O5S. The van der Waals surface area contributed by atoms with Gasteiger partial charge in [-0.2, -0.15) is 11.8 Å². The minimum Gasteiger partial charge on any atom is -0.461 e. The second kappa shape index (κ2) is 7.82. The van der Waals surface area contributed by atoms with E-state index in [4.69, 9.17) is 4.74 Å². The van der Waals surface area contributed by atoms with Crippen LogP contribution in [0.5, 0.6) is 0 Å². The van der Waals surface area contributed by atoms with Gasteiger partial charge < -0.3 is 15.4 Å². The molecule has 2 rings (SSSR count). The van der Waals surface area contributed by atoms with Crippen molar-refractivity contribution in [1.29, 1.82) is 0 Å². The first-order chi connectivity index (χ1) is 11.4.